The lowest BCUT2D eigenvalue weighted by Gasteiger charge is -2.29. The highest BCUT2D eigenvalue weighted by Gasteiger charge is 2.32. The van der Waals surface area contributed by atoms with Crippen LogP contribution in [0.4, 0.5) is 8.78 Å². The van der Waals surface area contributed by atoms with E-state index in [1.165, 1.54) is 16.5 Å². The van der Waals surface area contributed by atoms with Crippen LogP contribution in [0.3, 0.4) is 0 Å². The van der Waals surface area contributed by atoms with E-state index in [0.717, 1.165) is 24.5 Å². The van der Waals surface area contributed by atoms with E-state index in [2.05, 4.69) is 11.3 Å². The van der Waals surface area contributed by atoms with Gasteiger partial charge in [0.25, 0.3) is 5.56 Å². The van der Waals surface area contributed by atoms with Gasteiger partial charge in [0.05, 0.1) is 48.0 Å². The van der Waals surface area contributed by atoms with Crippen LogP contribution in [0.1, 0.15) is 79.3 Å². The Labute approximate surface area is 210 Å². The van der Waals surface area contributed by atoms with Crippen molar-refractivity contribution >= 4 is 5.65 Å². The Hall–Kier alpha value is -3.50. The van der Waals surface area contributed by atoms with Crippen molar-refractivity contribution in [3.05, 3.63) is 81.3 Å². The lowest BCUT2D eigenvalue weighted by Crippen LogP contribution is -2.24. The lowest BCUT2D eigenvalue weighted by atomic mass is 9.90. The molecule has 1 saturated heterocycles. The molecule has 1 aromatic carbocycles. The third kappa shape index (κ3) is 3.86. The molecule has 1 aliphatic carbocycles. The van der Waals surface area contributed by atoms with Crippen LogP contribution < -0.4 is 5.56 Å². The molecule has 3 atom stereocenters. The predicted octanol–water partition coefficient (Wildman–Crippen LogP) is 4.79. The SMILES string of the molecule is CC1OCc2c1nc1c(-c3ccc(F)cc3F)nc([C@@H]3CCO[C@H](c4cnn(C5CC5)c4)C3)cn1c2=O. The van der Waals surface area contributed by atoms with Crippen LogP contribution in [0.5, 0.6) is 0 Å². The Morgan fingerprint density at radius 1 is 1.08 bits per heavy atom. The van der Waals surface area contributed by atoms with Gasteiger partial charge in [0.1, 0.15) is 17.3 Å². The highest BCUT2D eigenvalue weighted by atomic mass is 19.1. The molecule has 7 rings (SSSR count). The smallest absolute Gasteiger partial charge is 0.263 e. The predicted molar refractivity (Wildman–Crippen MR) is 129 cm³/mol. The molecule has 1 saturated carbocycles. The molecule has 3 aliphatic rings. The summed E-state index contributed by atoms with van der Waals surface area (Å²) in [6, 6.07) is 3.83. The molecule has 0 bridgehead atoms. The van der Waals surface area contributed by atoms with E-state index in [1.54, 1.807) is 6.20 Å². The largest absolute Gasteiger partial charge is 0.373 e. The van der Waals surface area contributed by atoms with Crippen molar-refractivity contribution in [3.63, 3.8) is 0 Å². The maximum absolute atomic E-state index is 15.0. The van der Waals surface area contributed by atoms with Crippen LogP contribution in [0.25, 0.3) is 16.9 Å². The maximum atomic E-state index is 15.0. The van der Waals surface area contributed by atoms with Crippen molar-refractivity contribution in [2.24, 2.45) is 0 Å². The third-order valence-corrected chi connectivity index (χ3v) is 7.62. The van der Waals surface area contributed by atoms with Gasteiger partial charge in [-0.3, -0.25) is 13.9 Å². The fourth-order valence-electron chi connectivity index (χ4n) is 5.39. The molecule has 2 fully saturated rings. The number of fused-ring (bicyclic) bond motifs is 2. The first-order chi connectivity index (χ1) is 18.0. The summed E-state index contributed by atoms with van der Waals surface area (Å²) in [5.41, 5.74) is 2.95. The summed E-state index contributed by atoms with van der Waals surface area (Å²) in [5.74, 6) is -1.48. The first-order valence-corrected chi connectivity index (χ1v) is 12.6. The van der Waals surface area contributed by atoms with Gasteiger partial charge in [-0.1, -0.05) is 0 Å². The molecule has 5 heterocycles. The molecule has 3 aromatic heterocycles. The van der Waals surface area contributed by atoms with Crippen LogP contribution in [0.15, 0.2) is 41.6 Å². The first-order valence-electron chi connectivity index (χ1n) is 12.6. The standard InChI is InChI=1S/C27H25F2N5O3/c1-14-24-20(13-37-14)27(35)33-12-22(31-25(26(33)32-24)19-5-2-17(28)9-21(19)29)15-6-7-36-23(8-15)16-10-30-34(11-16)18-3-4-18/h2,5,9-12,14-15,18,23H,3-4,6-8,13H2,1H3/t14?,15-,23+/m1/s1. The monoisotopic (exact) mass is 505 g/mol. The number of rotatable bonds is 4. The van der Waals surface area contributed by atoms with Crippen LogP contribution in [-0.2, 0) is 16.1 Å². The maximum Gasteiger partial charge on any atom is 0.263 e. The summed E-state index contributed by atoms with van der Waals surface area (Å²) in [6.07, 6.45) is 8.75. The molecule has 0 N–H and O–H groups in total. The number of halogens is 2. The fraction of sp³-hybridized carbons (Fsp3) is 0.407. The van der Waals surface area contributed by atoms with Crippen LogP contribution >= 0.6 is 0 Å². The topological polar surface area (TPSA) is 83.5 Å². The van der Waals surface area contributed by atoms with Crippen molar-refractivity contribution in [3.8, 4) is 11.3 Å². The average Bonchev–Trinajstić information content (AvgIpc) is 3.51. The van der Waals surface area contributed by atoms with Gasteiger partial charge in [0.15, 0.2) is 5.65 Å². The summed E-state index contributed by atoms with van der Waals surface area (Å²) in [5, 5.41) is 4.50. The van der Waals surface area contributed by atoms with Gasteiger partial charge in [-0.15, -0.1) is 0 Å². The van der Waals surface area contributed by atoms with Crippen molar-refractivity contribution in [1.29, 1.82) is 0 Å². The van der Waals surface area contributed by atoms with Crippen LogP contribution in [0, 0.1) is 11.6 Å². The number of hydrogen-bond donors (Lipinski definition) is 0. The molecular formula is C27H25F2N5O3. The average molecular weight is 506 g/mol. The van der Waals surface area contributed by atoms with E-state index in [-0.39, 0.29) is 47.2 Å². The fourth-order valence-corrected chi connectivity index (χ4v) is 5.39. The van der Waals surface area contributed by atoms with Gasteiger partial charge < -0.3 is 9.47 Å². The minimum atomic E-state index is -0.761. The summed E-state index contributed by atoms with van der Waals surface area (Å²) in [6.45, 7) is 2.52. The summed E-state index contributed by atoms with van der Waals surface area (Å²) < 4.78 is 43.9. The molecule has 1 unspecified atom stereocenters. The Balaban J connectivity index is 1.35. The minimum Gasteiger partial charge on any atom is -0.373 e. The second-order valence-corrected chi connectivity index (χ2v) is 10.1. The number of ether oxygens (including phenoxy) is 2. The van der Waals surface area contributed by atoms with Gasteiger partial charge >= 0.3 is 0 Å². The van der Waals surface area contributed by atoms with E-state index in [0.29, 0.717) is 42.4 Å². The van der Waals surface area contributed by atoms with Crippen molar-refractivity contribution in [2.45, 2.75) is 63.4 Å². The Morgan fingerprint density at radius 3 is 2.76 bits per heavy atom. The molecule has 0 amide bonds. The number of nitrogens with zero attached hydrogens (tertiary/aromatic N) is 5. The molecule has 4 aromatic rings. The molecule has 0 radical (unpaired) electrons. The molecule has 10 heteroatoms. The van der Waals surface area contributed by atoms with Crippen LogP contribution in [-0.4, -0.2) is 30.8 Å². The van der Waals surface area contributed by atoms with Crippen LogP contribution in [0.2, 0.25) is 0 Å². The second-order valence-electron chi connectivity index (χ2n) is 10.1. The van der Waals surface area contributed by atoms with Crippen molar-refractivity contribution in [1.82, 2.24) is 24.1 Å². The Morgan fingerprint density at radius 2 is 1.95 bits per heavy atom. The quantitative estimate of drug-likeness (QED) is 0.397. The Kier molecular flexibility index (Phi) is 5.23. The zero-order chi connectivity index (χ0) is 25.3. The van der Waals surface area contributed by atoms with Gasteiger partial charge in [0, 0.05) is 42.1 Å². The lowest BCUT2D eigenvalue weighted by molar-refractivity contribution is 0.00454. The van der Waals surface area contributed by atoms with E-state index < -0.39 is 11.6 Å². The number of hydrogen-bond acceptors (Lipinski definition) is 6. The van der Waals surface area contributed by atoms with E-state index >= 15 is 0 Å². The highest BCUT2D eigenvalue weighted by molar-refractivity contribution is 5.74. The molecule has 0 spiro atoms. The summed E-state index contributed by atoms with van der Waals surface area (Å²) >= 11 is 0. The molecule has 190 valence electrons. The highest BCUT2D eigenvalue weighted by Crippen LogP contribution is 2.40. The van der Waals surface area contributed by atoms with Gasteiger partial charge in [-0.05, 0) is 44.7 Å². The normalized spacial score (nSPS) is 23.5. The van der Waals surface area contributed by atoms with Crippen molar-refractivity contribution in [2.75, 3.05) is 6.61 Å². The van der Waals surface area contributed by atoms with Gasteiger partial charge in [-0.25, -0.2) is 18.7 Å². The van der Waals surface area contributed by atoms with Gasteiger partial charge in [-0.2, -0.15) is 5.10 Å². The minimum absolute atomic E-state index is 0.0370. The first kappa shape index (κ1) is 22.7. The van der Waals surface area contributed by atoms with Gasteiger partial charge in [0.2, 0.25) is 0 Å². The summed E-state index contributed by atoms with van der Waals surface area (Å²) in [7, 11) is 0. The van der Waals surface area contributed by atoms with E-state index in [9.17, 15) is 13.6 Å². The zero-order valence-electron chi connectivity index (χ0n) is 20.2. The van der Waals surface area contributed by atoms with E-state index in [4.69, 9.17) is 19.4 Å². The van der Waals surface area contributed by atoms with E-state index in [1.807, 2.05) is 17.8 Å². The second kappa shape index (κ2) is 8.53. The van der Waals surface area contributed by atoms with Crippen molar-refractivity contribution < 1.29 is 18.3 Å². The molecular weight excluding hydrogens is 480 g/mol. The number of benzene rings is 1. The molecule has 37 heavy (non-hydrogen) atoms. The Bertz CT molecular complexity index is 1600. The molecule has 2 aliphatic heterocycles. The number of aromatic nitrogens is 5. The molecule has 8 nitrogen and oxygen atoms in total. The summed E-state index contributed by atoms with van der Waals surface area (Å²) in [4.78, 5) is 23.0. The third-order valence-electron chi connectivity index (χ3n) is 7.62. The zero-order valence-corrected chi connectivity index (χ0v) is 20.2.